The van der Waals surface area contributed by atoms with E-state index in [-0.39, 0.29) is 41.5 Å². The van der Waals surface area contributed by atoms with E-state index in [2.05, 4.69) is 5.32 Å². The van der Waals surface area contributed by atoms with E-state index in [4.69, 9.17) is 5.11 Å². The highest BCUT2D eigenvalue weighted by Crippen LogP contribution is 2.32. The fourth-order valence-electron chi connectivity index (χ4n) is 4.12. The highest BCUT2D eigenvalue weighted by molar-refractivity contribution is 6.06. The molecule has 0 saturated heterocycles. The van der Waals surface area contributed by atoms with Crippen LogP contribution < -0.4 is 5.32 Å². The van der Waals surface area contributed by atoms with Crippen LogP contribution in [0.25, 0.3) is 0 Å². The van der Waals surface area contributed by atoms with Gasteiger partial charge in [-0.05, 0) is 40.8 Å². The van der Waals surface area contributed by atoms with Crippen molar-refractivity contribution in [2.45, 2.75) is 51.1 Å². The van der Waals surface area contributed by atoms with Crippen molar-refractivity contribution in [1.82, 2.24) is 5.32 Å². The number of ketones is 2. The summed E-state index contributed by atoms with van der Waals surface area (Å²) < 4.78 is 39.6. The van der Waals surface area contributed by atoms with Gasteiger partial charge in [0.25, 0.3) is 5.91 Å². The number of carboxylic acid groups (broad SMARTS) is 1. The zero-order chi connectivity index (χ0) is 29.7. The molecule has 3 aromatic carbocycles. The first-order chi connectivity index (χ1) is 18.7. The topological polar surface area (TPSA) is 101 Å². The van der Waals surface area contributed by atoms with Crippen molar-refractivity contribution in [3.8, 4) is 0 Å². The van der Waals surface area contributed by atoms with Crippen LogP contribution in [0.4, 0.5) is 13.2 Å². The molecule has 210 valence electrons. The number of carbonyl (C=O) groups excluding carboxylic acids is 3. The van der Waals surface area contributed by atoms with Gasteiger partial charge in [0.1, 0.15) is 0 Å². The molecule has 0 saturated carbocycles. The van der Waals surface area contributed by atoms with Crippen molar-refractivity contribution < 1.29 is 37.5 Å². The van der Waals surface area contributed by atoms with E-state index in [1.807, 2.05) is 32.9 Å². The minimum absolute atomic E-state index is 0.0564. The monoisotopic (exact) mass is 553 g/mol. The third-order valence-corrected chi connectivity index (χ3v) is 6.45. The van der Waals surface area contributed by atoms with Crippen LogP contribution >= 0.6 is 0 Å². The second kappa shape index (κ2) is 12.3. The van der Waals surface area contributed by atoms with Gasteiger partial charge in [-0.25, -0.2) is 0 Å². The molecule has 1 atom stereocenters. The van der Waals surface area contributed by atoms with Gasteiger partial charge in [-0.15, -0.1) is 0 Å². The second-order valence-electron chi connectivity index (χ2n) is 10.5. The number of hydrogen-bond acceptors (Lipinski definition) is 4. The van der Waals surface area contributed by atoms with E-state index in [9.17, 15) is 32.3 Å². The Balaban J connectivity index is 1.90. The van der Waals surface area contributed by atoms with Crippen molar-refractivity contribution in [1.29, 1.82) is 0 Å². The van der Waals surface area contributed by atoms with E-state index < -0.39 is 41.1 Å². The van der Waals surface area contributed by atoms with E-state index in [1.165, 1.54) is 30.3 Å². The quantitative estimate of drug-likeness (QED) is 0.281. The number of halogens is 3. The Hall–Kier alpha value is -4.27. The molecule has 0 radical (unpaired) electrons. The molecule has 40 heavy (non-hydrogen) atoms. The largest absolute Gasteiger partial charge is 0.481 e. The molecule has 3 rings (SSSR count). The Morgan fingerprint density at radius 3 is 1.95 bits per heavy atom. The van der Waals surface area contributed by atoms with Crippen LogP contribution in [0.2, 0.25) is 0 Å². The number of amides is 1. The van der Waals surface area contributed by atoms with Crippen LogP contribution in [-0.4, -0.2) is 35.1 Å². The maximum absolute atomic E-state index is 13.7. The summed E-state index contributed by atoms with van der Waals surface area (Å²) in [6.45, 7) is 6.03. The number of rotatable bonds is 10. The number of aliphatic carboxylic acids is 1. The summed E-state index contributed by atoms with van der Waals surface area (Å²) >= 11 is 0. The number of hydrogen-bond donors (Lipinski definition) is 2. The fraction of sp³-hybridized carbons (Fsp3) is 0.290. The molecule has 0 fully saturated rings. The number of carbonyl (C=O) groups is 4. The summed E-state index contributed by atoms with van der Waals surface area (Å²) in [5.74, 6) is -3.58. The SMILES string of the molecule is CC(C)(C)c1ccc(C(CC(=O)c2cccc(C(F)(F)F)c2)C(=O)c2ccc(C(=O)NCCC(=O)O)cc2)cc1. The molecule has 3 aromatic rings. The highest BCUT2D eigenvalue weighted by Gasteiger charge is 2.32. The van der Waals surface area contributed by atoms with Crippen LogP contribution in [0.3, 0.4) is 0 Å². The number of nitrogens with one attached hydrogen (secondary N) is 1. The van der Waals surface area contributed by atoms with Gasteiger partial charge in [0, 0.05) is 29.7 Å². The Morgan fingerprint density at radius 1 is 0.800 bits per heavy atom. The van der Waals surface area contributed by atoms with Crippen molar-refractivity contribution in [3.05, 3.63) is 106 Å². The van der Waals surface area contributed by atoms with Crippen molar-refractivity contribution in [2.24, 2.45) is 0 Å². The predicted molar refractivity (Wildman–Crippen MR) is 144 cm³/mol. The number of carboxylic acids is 1. The van der Waals surface area contributed by atoms with E-state index in [0.717, 1.165) is 23.8 Å². The Morgan fingerprint density at radius 2 is 1.40 bits per heavy atom. The first-order valence-electron chi connectivity index (χ1n) is 12.6. The Kier molecular flexibility index (Phi) is 9.29. The molecule has 1 amide bonds. The molecule has 0 aliphatic carbocycles. The van der Waals surface area contributed by atoms with Gasteiger partial charge in [0.2, 0.25) is 0 Å². The molecule has 0 heterocycles. The molecule has 0 aliphatic heterocycles. The summed E-state index contributed by atoms with van der Waals surface area (Å²) in [4.78, 5) is 49.7. The second-order valence-corrected chi connectivity index (χ2v) is 10.5. The van der Waals surface area contributed by atoms with Gasteiger partial charge in [0.05, 0.1) is 17.9 Å². The molecular weight excluding hydrogens is 523 g/mol. The van der Waals surface area contributed by atoms with Crippen molar-refractivity contribution >= 4 is 23.4 Å². The molecule has 1 unspecified atom stereocenters. The lowest BCUT2D eigenvalue weighted by atomic mass is 9.82. The van der Waals surface area contributed by atoms with E-state index in [0.29, 0.717) is 5.56 Å². The maximum atomic E-state index is 13.7. The standard InChI is InChI=1S/C31H30F3NO5/c1-30(2,3)23-13-11-19(12-14-23)25(18-26(36)22-5-4-6-24(17-22)31(32,33)34)28(39)20-7-9-21(10-8-20)29(40)35-16-15-27(37)38/h4-14,17,25H,15-16,18H2,1-3H3,(H,35,40)(H,37,38). The fourth-order valence-corrected chi connectivity index (χ4v) is 4.12. The Bertz CT molecular complexity index is 1390. The average molecular weight is 554 g/mol. The van der Waals surface area contributed by atoms with Crippen LogP contribution in [0.5, 0.6) is 0 Å². The molecule has 9 heteroatoms. The molecule has 2 N–H and O–H groups in total. The van der Waals surface area contributed by atoms with Crippen LogP contribution in [0.15, 0.2) is 72.8 Å². The predicted octanol–water partition coefficient (Wildman–Crippen LogP) is 6.45. The lowest BCUT2D eigenvalue weighted by Crippen LogP contribution is -2.26. The van der Waals surface area contributed by atoms with Crippen LogP contribution in [0, 0.1) is 0 Å². The normalized spacial score (nSPS) is 12.4. The van der Waals surface area contributed by atoms with Gasteiger partial charge in [0.15, 0.2) is 11.6 Å². The van der Waals surface area contributed by atoms with E-state index in [1.54, 1.807) is 12.1 Å². The van der Waals surface area contributed by atoms with Gasteiger partial charge >= 0.3 is 12.1 Å². The van der Waals surface area contributed by atoms with Gasteiger partial charge in [-0.3, -0.25) is 19.2 Å². The van der Waals surface area contributed by atoms with Gasteiger partial charge in [-0.1, -0.05) is 69.3 Å². The minimum Gasteiger partial charge on any atom is -0.481 e. The zero-order valence-electron chi connectivity index (χ0n) is 22.3. The minimum atomic E-state index is -4.62. The molecule has 0 aromatic heterocycles. The summed E-state index contributed by atoms with van der Waals surface area (Å²) in [5, 5.41) is 11.2. The highest BCUT2D eigenvalue weighted by atomic mass is 19.4. The molecule has 0 spiro atoms. The summed E-state index contributed by atoms with van der Waals surface area (Å²) in [6, 6.07) is 17.0. The zero-order valence-corrected chi connectivity index (χ0v) is 22.3. The van der Waals surface area contributed by atoms with Crippen molar-refractivity contribution in [2.75, 3.05) is 6.54 Å². The van der Waals surface area contributed by atoms with Gasteiger partial charge in [-0.2, -0.15) is 13.2 Å². The first-order valence-corrected chi connectivity index (χ1v) is 12.6. The third-order valence-electron chi connectivity index (χ3n) is 6.45. The summed E-state index contributed by atoms with van der Waals surface area (Å²) in [5.41, 5.74) is 0.711. The molecular formula is C31H30F3NO5. The molecule has 0 bridgehead atoms. The number of Topliss-reactive ketones (excluding diaryl/α,β-unsaturated/α-hetero) is 2. The van der Waals surface area contributed by atoms with Crippen LogP contribution in [-0.2, 0) is 16.4 Å². The molecule has 6 nitrogen and oxygen atoms in total. The summed E-state index contributed by atoms with van der Waals surface area (Å²) in [7, 11) is 0. The van der Waals surface area contributed by atoms with Crippen molar-refractivity contribution in [3.63, 3.8) is 0 Å². The maximum Gasteiger partial charge on any atom is 0.416 e. The Labute approximate surface area is 230 Å². The lowest BCUT2D eigenvalue weighted by molar-refractivity contribution is -0.138. The number of alkyl halides is 3. The third kappa shape index (κ3) is 7.88. The number of benzene rings is 3. The van der Waals surface area contributed by atoms with Gasteiger partial charge < -0.3 is 10.4 Å². The summed E-state index contributed by atoms with van der Waals surface area (Å²) in [6.07, 6.45) is -5.21. The average Bonchev–Trinajstić information content (AvgIpc) is 2.90. The first kappa shape index (κ1) is 30.3. The van der Waals surface area contributed by atoms with E-state index >= 15 is 0 Å². The smallest absolute Gasteiger partial charge is 0.416 e. The molecule has 0 aliphatic rings. The lowest BCUT2D eigenvalue weighted by Gasteiger charge is -2.21. The van der Waals surface area contributed by atoms with Crippen LogP contribution in [0.1, 0.15) is 87.3 Å².